The van der Waals surface area contributed by atoms with E-state index in [-0.39, 0.29) is 26.2 Å². The predicted octanol–water partition coefficient (Wildman–Crippen LogP) is 12.3. The Bertz CT molecular complexity index is 1730. The molecule has 0 aliphatic rings. The van der Waals surface area contributed by atoms with Crippen LogP contribution < -0.4 is 0 Å². The van der Waals surface area contributed by atoms with Crippen molar-refractivity contribution in [3.05, 3.63) is 191 Å². The molecule has 6 aromatic carbocycles. The third-order valence-corrected chi connectivity index (χ3v) is 7.88. The normalized spacial score (nSPS) is 11.7. The molecular formula is C44H42Zr. The Kier molecular flexibility index (Phi) is 12.4. The van der Waals surface area contributed by atoms with Crippen LogP contribution in [-0.2, 0) is 26.2 Å². The van der Waals surface area contributed by atoms with Crippen molar-refractivity contribution >= 4 is 28.0 Å². The number of benzene rings is 5. The molecule has 0 saturated carbocycles. The van der Waals surface area contributed by atoms with Crippen molar-refractivity contribution in [2.24, 2.45) is 0 Å². The second-order valence-corrected chi connectivity index (χ2v) is 12.0. The van der Waals surface area contributed by atoms with Crippen LogP contribution in [0.3, 0.4) is 0 Å². The average Bonchev–Trinajstić information content (AvgIpc) is 3.44. The molecule has 0 N–H and O–H groups in total. The minimum absolute atomic E-state index is 0. The summed E-state index contributed by atoms with van der Waals surface area (Å²) in [4.78, 5) is 0. The molecule has 0 atom stereocenters. The molecule has 45 heavy (non-hydrogen) atoms. The maximum atomic E-state index is 3.66. The monoisotopic (exact) mass is 660 g/mol. The molecule has 0 fully saturated rings. The second kappa shape index (κ2) is 16.4. The second-order valence-electron chi connectivity index (χ2n) is 12.0. The van der Waals surface area contributed by atoms with Crippen molar-refractivity contribution in [3.63, 3.8) is 0 Å². The average molecular weight is 662 g/mol. The molecule has 0 aromatic heterocycles. The quantitative estimate of drug-likeness (QED) is 0.0907. The predicted molar refractivity (Wildman–Crippen MR) is 192 cm³/mol. The van der Waals surface area contributed by atoms with Crippen LogP contribution in [0.2, 0.25) is 0 Å². The van der Waals surface area contributed by atoms with Crippen LogP contribution >= 0.6 is 0 Å². The van der Waals surface area contributed by atoms with E-state index in [0.29, 0.717) is 11.8 Å². The number of fused-ring (bicyclic) bond motifs is 1. The van der Waals surface area contributed by atoms with Gasteiger partial charge in [-0.25, -0.2) is 0 Å². The van der Waals surface area contributed by atoms with E-state index < -0.39 is 0 Å². The first-order valence-corrected chi connectivity index (χ1v) is 15.7. The largest absolute Gasteiger partial charge is 2.00 e. The van der Waals surface area contributed by atoms with E-state index in [4.69, 9.17) is 0 Å². The molecule has 0 bridgehead atoms. The van der Waals surface area contributed by atoms with Gasteiger partial charge >= 0.3 is 26.2 Å². The van der Waals surface area contributed by atoms with Crippen molar-refractivity contribution < 1.29 is 26.2 Å². The molecule has 6 aromatic rings. The van der Waals surface area contributed by atoms with Gasteiger partial charge in [0.25, 0.3) is 0 Å². The summed E-state index contributed by atoms with van der Waals surface area (Å²) in [6.07, 6.45) is 5.91. The molecule has 0 saturated heterocycles. The van der Waals surface area contributed by atoms with Gasteiger partial charge in [-0.15, -0.1) is 57.8 Å². The van der Waals surface area contributed by atoms with Crippen molar-refractivity contribution in [2.45, 2.75) is 46.5 Å². The summed E-state index contributed by atoms with van der Waals surface area (Å²) in [6.45, 7) is 11.3. The van der Waals surface area contributed by atoms with Gasteiger partial charge < -0.3 is 0 Å². The molecule has 0 aliphatic carbocycles. The zero-order chi connectivity index (χ0) is 30.9. The molecule has 6 rings (SSSR count). The molecule has 0 nitrogen and oxygen atoms in total. The molecule has 0 heterocycles. The van der Waals surface area contributed by atoms with Crippen molar-refractivity contribution in [2.75, 3.05) is 0 Å². The molecule has 0 amide bonds. The smallest absolute Gasteiger partial charge is 0.165 e. The van der Waals surface area contributed by atoms with Crippen LogP contribution in [-0.4, -0.2) is 0 Å². The third kappa shape index (κ3) is 9.06. The van der Waals surface area contributed by atoms with Gasteiger partial charge in [0.15, 0.2) is 0 Å². The van der Waals surface area contributed by atoms with Crippen LogP contribution in [0, 0.1) is 13.0 Å². The number of hydrogen-bond acceptors (Lipinski definition) is 0. The maximum Gasteiger partial charge on any atom is 2.00 e. The molecule has 222 valence electrons. The first-order valence-electron chi connectivity index (χ1n) is 15.7. The third-order valence-electron chi connectivity index (χ3n) is 7.88. The van der Waals surface area contributed by atoms with E-state index in [0.717, 1.165) is 22.3 Å². The Morgan fingerprint density at radius 2 is 1.16 bits per heavy atom. The van der Waals surface area contributed by atoms with E-state index >= 15 is 0 Å². The molecule has 0 spiro atoms. The summed E-state index contributed by atoms with van der Waals surface area (Å²) in [5.41, 5.74) is 11.1. The Morgan fingerprint density at radius 1 is 0.622 bits per heavy atom. The zero-order valence-electron chi connectivity index (χ0n) is 27.1. The van der Waals surface area contributed by atoms with E-state index in [1.54, 1.807) is 0 Å². The van der Waals surface area contributed by atoms with Gasteiger partial charge in [-0.1, -0.05) is 184 Å². The Morgan fingerprint density at radius 3 is 1.71 bits per heavy atom. The first-order chi connectivity index (χ1) is 21.4. The van der Waals surface area contributed by atoms with Crippen molar-refractivity contribution in [1.29, 1.82) is 0 Å². The number of hydrogen-bond donors (Lipinski definition) is 0. The molecule has 1 heteroatoms. The maximum absolute atomic E-state index is 3.66. The summed E-state index contributed by atoms with van der Waals surface area (Å²) in [6, 6.07) is 51.1. The van der Waals surface area contributed by atoms with Crippen molar-refractivity contribution in [3.8, 4) is 0 Å². The van der Waals surface area contributed by atoms with E-state index in [1.807, 2.05) is 30.3 Å². The van der Waals surface area contributed by atoms with Crippen LogP contribution in [0.1, 0.15) is 78.5 Å². The van der Waals surface area contributed by atoms with Crippen LogP contribution in [0.15, 0.2) is 146 Å². The fourth-order valence-electron chi connectivity index (χ4n) is 5.53. The van der Waals surface area contributed by atoms with Gasteiger partial charge in [-0.3, -0.25) is 0 Å². The summed E-state index contributed by atoms with van der Waals surface area (Å²) in [5.74, 6) is 1.21. The first kappa shape index (κ1) is 34.0. The van der Waals surface area contributed by atoms with Crippen LogP contribution in [0.4, 0.5) is 0 Å². The summed E-state index contributed by atoms with van der Waals surface area (Å²) < 4.78 is 0. The van der Waals surface area contributed by atoms with E-state index in [9.17, 15) is 0 Å². The topological polar surface area (TPSA) is 0 Å². The minimum atomic E-state index is 0. The van der Waals surface area contributed by atoms with Crippen LogP contribution in [0.25, 0.3) is 28.0 Å². The Labute approximate surface area is 289 Å². The molecule has 0 aliphatic heterocycles. The van der Waals surface area contributed by atoms with Gasteiger partial charge in [-0.2, -0.15) is 6.07 Å². The van der Waals surface area contributed by atoms with Gasteiger partial charge in [0, 0.05) is 0 Å². The molecular weight excluding hydrogens is 620 g/mol. The molecule has 0 radical (unpaired) electrons. The van der Waals surface area contributed by atoms with Crippen molar-refractivity contribution in [1.82, 2.24) is 0 Å². The van der Waals surface area contributed by atoms with E-state index in [1.165, 1.54) is 38.6 Å². The van der Waals surface area contributed by atoms with Gasteiger partial charge in [0.05, 0.1) is 0 Å². The van der Waals surface area contributed by atoms with Gasteiger partial charge in [-0.05, 0) is 17.4 Å². The molecule has 0 unspecified atom stereocenters. The standard InChI is InChI=1S/C28H21.C16H21.Zr/c1-5-13-23(14-6-1)21-27(25-17-9-3-10-18-25)28(26-19-11-4-12-20-26)22-24-15-7-2-8-16-24;1-10(2)13-8-14-6-12(5)7-16(14)15(9-13)11(3)4;/h1-21H;6-11H,1-5H3;/q2*-1;+2. The summed E-state index contributed by atoms with van der Waals surface area (Å²) in [7, 11) is 0. The summed E-state index contributed by atoms with van der Waals surface area (Å²) in [5, 5.41) is 2.85. The SMILES string of the molecule is Cc1cc2c(C(C)C)cc(C(C)C)cc2[cH-]1.[C-](=C(C(=Cc1ccccc1)c1ccccc1)c1ccccc1)c1ccccc1.[Zr+2]. The van der Waals surface area contributed by atoms with Crippen LogP contribution in [0.5, 0.6) is 0 Å². The number of aryl methyl sites for hydroxylation is 1. The van der Waals surface area contributed by atoms with E-state index in [2.05, 4.69) is 162 Å². The number of rotatable bonds is 7. The van der Waals surface area contributed by atoms with Gasteiger partial charge in [0.2, 0.25) is 0 Å². The summed E-state index contributed by atoms with van der Waals surface area (Å²) >= 11 is 0. The Balaban J connectivity index is 0.000000231. The zero-order valence-corrected chi connectivity index (χ0v) is 29.5. The Hall–Kier alpha value is -3.93. The fraction of sp³-hybridized carbons (Fsp3) is 0.159. The van der Waals surface area contributed by atoms with Gasteiger partial charge in [0.1, 0.15) is 0 Å². The fourth-order valence-corrected chi connectivity index (χ4v) is 5.53. The number of allylic oxidation sites excluding steroid dienone is 2. The minimum Gasteiger partial charge on any atom is -0.165 e.